The molecule has 0 aliphatic carbocycles. The molecule has 8 heteroatoms. The maximum absolute atomic E-state index is 13.0. The first-order chi connectivity index (χ1) is 15.4. The number of amides is 3. The lowest BCUT2D eigenvalue weighted by Gasteiger charge is -2.33. The Kier molecular flexibility index (Phi) is 5.85. The van der Waals surface area contributed by atoms with Crippen LogP contribution in [0.5, 0.6) is 5.75 Å². The van der Waals surface area contributed by atoms with Crippen LogP contribution in [0.1, 0.15) is 24.1 Å². The van der Waals surface area contributed by atoms with Crippen LogP contribution in [-0.4, -0.2) is 49.6 Å². The van der Waals surface area contributed by atoms with Gasteiger partial charge in [-0.15, -0.1) is 0 Å². The molecule has 2 aliphatic heterocycles. The second kappa shape index (κ2) is 8.74. The molecule has 166 valence electrons. The summed E-state index contributed by atoms with van der Waals surface area (Å²) >= 11 is 0. The highest BCUT2D eigenvalue weighted by molar-refractivity contribution is 6.00. The Morgan fingerprint density at radius 1 is 1.22 bits per heavy atom. The van der Waals surface area contributed by atoms with Crippen molar-refractivity contribution in [3.05, 3.63) is 70.9 Å². The van der Waals surface area contributed by atoms with Crippen LogP contribution in [0.4, 0.5) is 10.5 Å². The third-order valence-corrected chi connectivity index (χ3v) is 5.58. The molecule has 2 aliphatic rings. The molecule has 0 radical (unpaired) electrons. The van der Waals surface area contributed by atoms with Crippen molar-refractivity contribution in [1.82, 2.24) is 10.2 Å². The van der Waals surface area contributed by atoms with Gasteiger partial charge >= 0.3 is 12.0 Å². The van der Waals surface area contributed by atoms with Gasteiger partial charge in [-0.25, -0.2) is 9.59 Å². The van der Waals surface area contributed by atoms with E-state index in [1.165, 1.54) is 9.80 Å². The first-order valence-electron chi connectivity index (χ1n) is 10.4. The highest BCUT2D eigenvalue weighted by Crippen LogP contribution is 2.38. The number of aryl methyl sites for hydroxylation is 1. The van der Waals surface area contributed by atoms with Gasteiger partial charge in [-0.05, 0) is 37.6 Å². The molecule has 0 saturated heterocycles. The number of hydrogen-bond donors (Lipinski definition) is 1. The summed E-state index contributed by atoms with van der Waals surface area (Å²) in [4.78, 5) is 41.4. The molecular weight excluding hydrogens is 410 g/mol. The molecule has 0 saturated carbocycles. The Morgan fingerprint density at radius 2 is 2.00 bits per heavy atom. The molecule has 8 nitrogen and oxygen atoms in total. The van der Waals surface area contributed by atoms with E-state index >= 15 is 0 Å². The van der Waals surface area contributed by atoms with Gasteiger partial charge in [0.25, 0.3) is 0 Å². The summed E-state index contributed by atoms with van der Waals surface area (Å²) in [5, 5.41) is 2.85. The zero-order chi connectivity index (χ0) is 22.8. The Bertz CT molecular complexity index is 1110. The van der Waals surface area contributed by atoms with Crippen molar-refractivity contribution in [2.75, 3.05) is 31.7 Å². The second-order valence-electron chi connectivity index (χ2n) is 7.67. The molecule has 2 heterocycles. The number of esters is 1. The van der Waals surface area contributed by atoms with Crippen molar-refractivity contribution in [1.29, 1.82) is 0 Å². The average molecular weight is 435 g/mol. The van der Waals surface area contributed by atoms with E-state index in [1.54, 1.807) is 19.2 Å². The van der Waals surface area contributed by atoms with Crippen LogP contribution >= 0.6 is 0 Å². The lowest BCUT2D eigenvalue weighted by Crippen LogP contribution is -2.50. The fraction of sp³-hybridized carbons (Fsp3) is 0.292. The van der Waals surface area contributed by atoms with E-state index in [4.69, 9.17) is 9.47 Å². The van der Waals surface area contributed by atoms with Crippen LogP contribution in [0.2, 0.25) is 0 Å². The molecule has 2 aromatic rings. The van der Waals surface area contributed by atoms with E-state index in [-0.39, 0.29) is 19.1 Å². The molecule has 0 aromatic heterocycles. The first-order valence-corrected chi connectivity index (χ1v) is 10.4. The minimum Gasteiger partial charge on any atom is -0.494 e. The van der Waals surface area contributed by atoms with E-state index in [0.717, 1.165) is 11.3 Å². The maximum Gasteiger partial charge on any atom is 0.338 e. The number of benzene rings is 2. The van der Waals surface area contributed by atoms with Gasteiger partial charge in [-0.2, -0.15) is 0 Å². The van der Waals surface area contributed by atoms with Gasteiger partial charge in [0.15, 0.2) is 0 Å². The molecule has 2 aromatic carbocycles. The van der Waals surface area contributed by atoms with Crippen molar-refractivity contribution in [2.24, 2.45) is 0 Å². The van der Waals surface area contributed by atoms with E-state index < -0.39 is 18.0 Å². The van der Waals surface area contributed by atoms with Crippen molar-refractivity contribution >= 4 is 23.6 Å². The van der Waals surface area contributed by atoms with E-state index in [0.29, 0.717) is 29.2 Å². The van der Waals surface area contributed by atoms with Crippen LogP contribution < -0.4 is 15.0 Å². The van der Waals surface area contributed by atoms with Gasteiger partial charge in [0.2, 0.25) is 5.91 Å². The quantitative estimate of drug-likeness (QED) is 0.705. The molecule has 0 bridgehead atoms. The topological polar surface area (TPSA) is 88.2 Å². The molecule has 0 fully saturated rings. The number of carbonyl (C=O) groups is 3. The van der Waals surface area contributed by atoms with E-state index in [9.17, 15) is 14.4 Å². The first kappa shape index (κ1) is 21.4. The minimum atomic E-state index is -0.712. The number of urea groups is 1. The SMILES string of the molecule is CCOc1ccccc1[C@H]1NC(=O)N(CC(=O)N(C)c2cccc(C)c2)C2=C1C(=O)OC2. The van der Waals surface area contributed by atoms with Gasteiger partial charge in [-0.3, -0.25) is 9.69 Å². The van der Waals surface area contributed by atoms with Crippen LogP contribution in [0.25, 0.3) is 0 Å². The van der Waals surface area contributed by atoms with Gasteiger partial charge in [0.05, 0.1) is 23.9 Å². The smallest absolute Gasteiger partial charge is 0.338 e. The number of ether oxygens (including phenoxy) is 2. The van der Waals surface area contributed by atoms with Crippen molar-refractivity contribution in [3.8, 4) is 5.75 Å². The molecule has 3 amide bonds. The minimum absolute atomic E-state index is 0.0592. The van der Waals surface area contributed by atoms with Gasteiger partial charge in [-0.1, -0.05) is 30.3 Å². The zero-order valence-electron chi connectivity index (χ0n) is 18.3. The third kappa shape index (κ3) is 3.91. The highest BCUT2D eigenvalue weighted by atomic mass is 16.5. The highest BCUT2D eigenvalue weighted by Gasteiger charge is 2.43. The second-order valence-corrected chi connectivity index (χ2v) is 7.67. The Hall–Kier alpha value is -3.81. The van der Waals surface area contributed by atoms with Crippen LogP contribution in [0, 0.1) is 6.92 Å². The van der Waals surface area contributed by atoms with Crippen LogP contribution in [-0.2, 0) is 14.3 Å². The Balaban J connectivity index is 1.64. The van der Waals surface area contributed by atoms with Crippen molar-refractivity contribution in [3.63, 3.8) is 0 Å². The fourth-order valence-corrected chi connectivity index (χ4v) is 3.94. The summed E-state index contributed by atoms with van der Waals surface area (Å²) in [6.45, 7) is 3.98. The Morgan fingerprint density at radius 3 is 2.75 bits per heavy atom. The van der Waals surface area contributed by atoms with Gasteiger partial charge in [0.1, 0.15) is 18.9 Å². The number of para-hydroxylation sites is 1. The standard InChI is InChI=1S/C24H25N3O5/c1-4-31-19-11-6-5-10-17(19)22-21-18(14-32-23(21)29)27(24(30)25-22)13-20(28)26(3)16-9-7-8-15(2)12-16/h5-12,22H,4,13-14H2,1-3H3,(H,25,30)/t22-/m1/s1. The molecule has 0 unspecified atom stereocenters. The normalized spacial score (nSPS) is 17.6. The monoisotopic (exact) mass is 435 g/mol. The van der Waals surface area contributed by atoms with E-state index in [2.05, 4.69) is 5.32 Å². The average Bonchev–Trinajstić information content (AvgIpc) is 3.17. The summed E-state index contributed by atoms with van der Waals surface area (Å²) in [5.41, 5.74) is 3.14. The van der Waals surface area contributed by atoms with Gasteiger partial charge in [0, 0.05) is 18.3 Å². The maximum atomic E-state index is 13.0. The molecular formula is C24H25N3O5. The number of rotatable bonds is 6. The summed E-state index contributed by atoms with van der Waals surface area (Å²) in [7, 11) is 1.66. The number of likely N-dealkylation sites (N-methyl/N-ethyl adjacent to an activating group) is 1. The molecule has 4 rings (SSSR count). The molecule has 1 atom stereocenters. The number of cyclic esters (lactones) is 1. The Labute approximate surface area is 186 Å². The lowest BCUT2D eigenvalue weighted by atomic mass is 9.95. The number of nitrogens with zero attached hydrogens (tertiary/aromatic N) is 2. The third-order valence-electron chi connectivity index (χ3n) is 5.58. The van der Waals surface area contributed by atoms with Crippen molar-refractivity contribution < 1.29 is 23.9 Å². The summed E-state index contributed by atoms with van der Waals surface area (Å²) in [6, 6.07) is 13.6. The van der Waals surface area contributed by atoms with Crippen LogP contribution in [0.3, 0.4) is 0 Å². The fourth-order valence-electron chi connectivity index (χ4n) is 3.94. The van der Waals surface area contributed by atoms with Crippen LogP contribution in [0.15, 0.2) is 59.8 Å². The van der Waals surface area contributed by atoms with E-state index in [1.807, 2.05) is 50.2 Å². The zero-order valence-corrected chi connectivity index (χ0v) is 18.3. The van der Waals surface area contributed by atoms with Gasteiger partial charge < -0.3 is 19.7 Å². The van der Waals surface area contributed by atoms with Crippen molar-refractivity contribution in [2.45, 2.75) is 19.9 Å². The predicted molar refractivity (Wildman–Crippen MR) is 118 cm³/mol. The predicted octanol–water partition coefficient (Wildman–Crippen LogP) is 2.93. The summed E-state index contributed by atoms with van der Waals surface area (Å²) < 4.78 is 11.0. The lowest BCUT2D eigenvalue weighted by molar-refractivity contribution is -0.136. The summed E-state index contributed by atoms with van der Waals surface area (Å²) in [6.07, 6.45) is 0. The molecule has 32 heavy (non-hydrogen) atoms. The molecule has 1 N–H and O–H groups in total. The summed E-state index contributed by atoms with van der Waals surface area (Å²) in [5.74, 6) is -0.221. The molecule has 0 spiro atoms. The largest absolute Gasteiger partial charge is 0.494 e. The number of hydrogen-bond acceptors (Lipinski definition) is 5. The number of nitrogens with one attached hydrogen (secondary N) is 1. The number of carbonyl (C=O) groups excluding carboxylic acids is 3. The number of anilines is 1.